The Bertz CT molecular complexity index is 644. The van der Waals surface area contributed by atoms with Crippen molar-refractivity contribution in [2.45, 2.75) is 25.5 Å². The Morgan fingerprint density at radius 1 is 1.17 bits per heavy atom. The molecule has 0 spiro atoms. The molecule has 0 saturated heterocycles. The van der Waals surface area contributed by atoms with Crippen molar-refractivity contribution >= 4 is 6.03 Å². The summed E-state index contributed by atoms with van der Waals surface area (Å²) in [7, 11) is 1.63. The molecule has 0 saturated carbocycles. The fourth-order valence-electron chi connectivity index (χ4n) is 2.42. The number of hydrogen-bond acceptors (Lipinski definition) is 3. The van der Waals surface area contributed by atoms with E-state index in [1.54, 1.807) is 14.0 Å². The van der Waals surface area contributed by atoms with E-state index in [0.29, 0.717) is 6.42 Å². The Kier molecular flexibility index (Phi) is 6.63. The zero-order valence-electron chi connectivity index (χ0n) is 14.0. The first kappa shape index (κ1) is 17.8. The van der Waals surface area contributed by atoms with E-state index in [0.717, 1.165) is 16.9 Å². The molecule has 3 N–H and O–H groups in total. The summed E-state index contributed by atoms with van der Waals surface area (Å²) < 4.78 is 5.26. The van der Waals surface area contributed by atoms with E-state index in [1.165, 1.54) is 0 Å². The van der Waals surface area contributed by atoms with Crippen LogP contribution < -0.4 is 15.4 Å². The van der Waals surface area contributed by atoms with Crippen LogP contribution in [0.4, 0.5) is 4.79 Å². The molecule has 0 heterocycles. The number of aliphatic hydroxyl groups is 1. The van der Waals surface area contributed by atoms with Gasteiger partial charge in [0.25, 0.3) is 0 Å². The van der Waals surface area contributed by atoms with E-state index in [9.17, 15) is 9.90 Å². The molecule has 0 radical (unpaired) electrons. The predicted molar refractivity (Wildman–Crippen MR) is 94.1 cm³/mol. The highest BCUT2D eigenvalue weighted by Gasteiger charge is 2.15. The van der Waals surface area contributed by atoms with Crippen molar-refractivity contribution in [2.75, 3.05) is 13.7 Å². The van der Waals surface area contributed by atoms with Gasteiger partial charge < -0.3 is 20.5 Å². The maximum atomic E-state index is 12.1. The second kappa shape index (κ2) is 8.93. The van der Waals surface area contributed by atoms with E-state index in [1.807, 2.05) is 54.6 Å². The lowest BCUT2D eigenvalue weighted by atomic mass is 9.99. The van der Waals surface area contributed by atoms with Gasteiger partial charge in [-0.3, -0.25) is 0 Å². The van der Waals surface area contributed by atoms with Gasteiger partial charge in [-0.1, -0.05) is 42.5 Å². The highest BCUT2D eigenvalue weighted by Crippen LogP contribution is 2.21. The third kappa shape index (κ3) is 5.59. The largest absolute Gasteiger partial charge is 0.497 e. The number of carbonyl (C=O) groups excluding carboxylic acids is 1. The average Bonchev–Trinajstić information content (AvgIpc) is 2.60. The van der Waals surface area contributed by atoms with E-state index in [-0.39, 0.29) is 18.6 Å². The number of benzene rings is 2. The molecule has 0 bridgehead atoms. The summed E-state index contributed by atoms with van der Waals surface area (Å²) in [6.07, 6.45) is 0.0628. The predicted octanol–water partition coefficient (Wildman–Crippen LogP) is 2.66. The van der Waals surface area contributed by atoms with Gasteiger partial charge in [0.05, 0.1) is 19.3 Å². The molecule has 5 nitrogen and oxygen atoms in total. The summed E-state index contributed by atoms with van der Waals surface area (Å²) in [6.45, 7) is 1.84. The molecule has 2 rings (SSSR count). The molecule has 24 heavy (non-hydrogen) atoms. The third-order valence-corrected chi connectivity index (χ3v) is 3.64. The van der Waals surface area contributed by atoms with Gasteiger partial charge in [0.2, 0.25) is 0 Å². The van der Waals surface area contributed by atoms with Crippen molar-refractivity contribution < 1.29 is 14.6 Å². The average molecular weight is 328 g/mol. The summed E-state index contributed by atoms with van der Waals surface area (Å²) in [6, 6.07) is 17.1. The molecule has 128 valence electrons. The molecule has 2 atom stereocenters. The Morgan fingerprint density at radius 2 is 1.92 bits per heavy atom. The fraction of sp³-hybridized carbons (Fsp3) is 0.316. The Labute approximate surface area is 142 Å². The van der Waals surface area contributed by atoms with Crippen LogP contribution in [0, 0.1) is 0 Å². The van der Waals surface area contributed by atoms with Crippen molar-refractivity contribution in [3.63, 3.8) is 0 Å². The van der Waals surface area contributed by atoms with Crippen LogP contribution in [0.25, 0.3) is 0 Å². The van der Waals surface area contributed by atoms with Gasteiger partial charge in [-0.15, -0.1) is 0 Å². The van der Waals surface area contributed by atoms with E-state index >= 15 is 0 Å². The molecule has 0 aliphatic carbocycles. The molecule has 2 amide bonds. The Hall–Kier alpha value is -2.53. The van der Waals surface area contributed by atoms with Crippen LogP contribution in [-0.2, 0) is 6.42 Å². The summed E-state index contributed by atoms with van der Waals surface area (Å²) >= 11 is 0. The summed E-state index contributed by atoms with van der Waals surface area (Å²) in [5.74, 6) is 0.790. The quantitative estimate of drug-likeness (QED) is 0.732. The monoisotopic (exact) mass is 328 g/mol. The SMILES string of the molecule is COc1cccc(C[C@@H](NC(=O)NC[C@@H](C)O)c2ccccc2)c1. The maximum Gasteiger partial charge on any atom is 0.315 e. The van der Waals surface area contributed by atoms with E-state index < -0.39 is 6.10 Å². The number of amides is 2. The number of urea groups is 1. The standard InChI is InChI=1S/C19H24N2O3/c1-14(22)13-20-19(23)21-18(16-8-4-3-5-9-16)12-15-7-6-10-17(11-15)24-2/h3-11,14,18,22H,12-13H2,1-2H3,(H2,20,21,23)/t14-,18-/m1/s1. The zero-order chi connectivity index (χ0) is 17.4. The first-order chi connectivity index (χ1) is 11.6. The Balaban J connectivity index is 2.12. The number of rotatable bonds is 7. The van der Waals surface area contributed by atoms with Crippen LogP contribution in [0.15, 0.2) is 54.6 Å². The number of nitrogens with one attached hydrogen (secondary N) is 2. The topological polar surface area (TPSA) is 70.6 Å². The van der Waals surface area contributed by atoms with Crippen molar-refractivity contribution in [3.8, 4) is 5.75 Å². The van der Waals surface area contributed by atoms with Crippen molar-refractivity contribution in [2.24, 2.45) is 0 Å². The van der Waals surface area contributed by atoms with Crippen LogP contribution >= 0.6 is 0 Å². The number of ether oxygens (including phenoxy) is 1. The van der Waals surface area contributed by atoms with Gasteiger partial charge in [0, 0.05) is 6.54 Å². The molecule has 5 heteroatoms. The minimum Gasteiger partial charge on any atom is -0.497 e. The van der Waals surface area contributed by atoms with Gasteiger partial charge in [-0.2, -0.15) is 0 Å². The Morgan fingerprint density at radius 3 is 2.58 bits per heavy atom. The molecular formula is C19H24N2O3. The molecule has 0 aliphatic rings. The van der Waals surface area contributed by atoms with Gasteiger partial charge in [0.1, 0.15) is 5.75 Å². The zero-order valence-corrected chi connectivity index (χ0v) is 14.0. The van der Waals surface area contributed by atoms with Gasteiger partial charge >= 0.3 is 6.03 Å². The van der Waals surface area contributed by atoms with Crippen LogP contribution in [0.5, 0.6) is 5.75 Å². The van der Waals surface area contributed by atoms with E-state index in [2.05, 4.69) is 10.6 Å². The summed E-state index contributed by atoms with van der Waals surface area (Å²) in [4.78, 5) is 12.1. The summed E-state index contributed by atoms with van der Waals surface area (Å²) in [5, 5.41) is 14.9. The van der Waals surface area contributed by atoms with Crippen LogP contribution in [0.2, 0.25) is 0 Å². The van der Waals surface area contributed by atoms with E-state index in [4.69, 9.17) is 4.74 Å². The smallest absolute Gasteiger partial charge is 0.315 e. The minimum absolute atomic E-state index is 0.174. The normalized spacial score (nSPS) is 13.0. The maximum absolute atomic E-state index is 12.1. The lowest BCUT2D eigenvalue weighted by molar-refractivity contribution is 0.186. The highest BCUT2D eigenvalue weighted by atomic mass is 16.5. The number of methoxy groups -OCH3 is 1. The number of hydrogen-bond donors (Lipinski definition) is 3. The third-order valence-electron chi connectivity index (χ3n) is 3.64. The van der Waals surface area contributed by atoms with Crippen molar-refractivity contribution in [1.82, 2.24) is 10.6 Å². The highest BCUT2D eigenvalue weighted by molar-refractivity contribution is 5.74. The molecule has 2 aromatic rings. The first-order valence-electron chi connectivity index (χ1n) is 7.99. The minimum atomic E-state index is -0.579. The molecule has 0 fully saturated rings. The molecular weight excluding hydrogens is 304 g/mol. The first-order valence-corrected chi connectivity index (χ1v) is 7.99. The molecule has 0 aliphatic heterocycles. The number of carbonyl (C=O) groups is 1. The molecule has 0 aromatic heterocycles. The van der Waals surface area contributed by atoms with Crippen molar-refractivity contribution in [3.05, 3.63) is 65.7 Å². The second-order valence-corrected chi connectivity index (χ2v) is 5.72. The fourth-order valence-corrected chi connectivity index (χ4v) is 2.42. The van der Waals surface area contributed by atoms with Gasteiger partial charge in [-0.05, 0) is 36.6 Å². The van der Waals surface area contributed by atoms with Crippen LogP contribution in [0.1, 0.15) is 24.1 Å². The summed E-state index contributed by atoms with van der Waals surface area (Å²) in [5.41, 5.74) is 2.09. The van der Waals surface area contributed by atoms with Gasteiger partial charge in [0.15, 0.2) is 0 Å². The molecule has 2 aromatic carbocycles. The van der Waals surface area contributed by atoms with Crippen LogP contribution in [-0.4, -0.2) is 30.9 Å². The van der Waals surface area contributed by atoms with Gasteiger partial charge in [-0.25, -0.2) is 4.79 Å². The second-order valence-electron chi connectivity index (χ2n) is 5.72. The van der Waals surface area contributed by atoms with Crippen LogP contribution in [0.3, 0.4) is 0 Å². The molecule has 0 unspecified atom stereocenters. The lowest BCUT2D eigenvalue weighted by Crippen LogP contribution is -2.41. The lowest BCUT2D eigenvalue weighted by Gasteiger charge is -2.20. The van der Waals surface area contributed by atoms with Crippen molar-refractivity contribution in [1.29, 1.82) is 0 Å². The number of aliphatic hydroxyl groups excluding tert-OH is 1.